The molecule has 0 aliphatic heterocycles. The molecule has 2 amide bonds. The molecule has 14 heavy (non-hydrogen) atoms. The van der Waals surface area contributed by atoms with Crippen LogP contribution in [0.1, 0.15) is 19.8 Å². The maximum Gasteiger partial charge on any atom is 0.239 e. The predicted molar refractivity (Wildman–Crippen MR) is 52.4 cm³/mol. The maximum atomic E-state index is 11.2. The molecule has 5 heteroatoms. The van der Waals surface area contributed by atoms with E-state index in [1.807, 2.05) is 0 Å². The van der Waals surface area contributed by atoms with Crippen LogP contribution in [0.2, 0.25) is 0 Å². The van der Waals surface area contributed by atoms with E-state index in [-0.39, 0.29) is 24.9 Å². The molecule has 1 aliphatic rings. The van der Waals surface area contributed by atoms with E-state index in [9.17, 15) is 9.59 Å². The van der Waals surface area contributed by atoms with Crippen LogP contribution in [0.4, 0.5) is 0 Å². The van der Waals surface area contributed by atoms with E-state index in [1.165, 1.54) is 0 Å². The van der Waals surface area contributed by atoms with Crippen LogP contribution in [-0.4, -0.2) is 30.9 Å². The van der Waals surface area contributed by atoms with Crippen LogP contribution < -0.4 is 16.4 Å². The third-order valence-corrected chi connectivity index (χ3v) is 2.42. The first-order chi connectivity index (χ1) is 6.67. The lowest BCUT2D eigenvalue weighted by Crippen LogP contribution is -2.40. The SMILES string of the molecule is CCC1CC1NC(=O)CNC(=O)CN. The van der Waals surface area contributed by atoms with Gasteiger partial charge in [0.05, 0.1) is 13.1 Å². The number of carbonyl (C=O) groups excluding carboxylic acids is 2. The molecule has 0 bridgehead atoms. The second-order valence-electron chi connectivity index (χ2n) is 3.56. The van der Waals surface area contributed by atoms with Gasteiger partial charge in [0.2, 0.25) is 11.8 Å². The number of hydrogen-bond donors (Lipinski definition) is 3. The van der Waals surface area contributed by atoms with E-state index >= 15 is 0 Å². The van der Waals surface area contributed by atoms with Crippen molar-refractivity contribution in [2.75, 3.05) is 13.1 Å². The number of rotatable bonds is 5. The van der Waals surface area contributed by atoms with Gasteiger partial charge >= 0.3 is 0 Å². The van der Waals surface area contributed by atoms with Crippen molar-refractivity contribution in [1.82, 2.24) is 10.6 Å². The van der Waals surface area contributed by atoms with Crippen LogP contribution >= 0.6 is 0 Å². The van der Waals surface area contributed by atoms with Gasteiger partial charge in [-0.05, 0) is 12.3 Å². The quantitative estimate of drug-likeness (QED) is 0.529. The summed E-state index contributed by atoms with van der Waals surface area (Å²) in [5.74, 6) is 0.194. The standard InChI is InChI=1S/C9H17N3O2/c1-2-6-3-7(6)12-9(14)5-11-8(13)4-10/h6-7H,2-5,10H2,1H3,(H,11,13)(H,12,14). The van der Waals surface area contributed by atoms with Crippen molar-refractivity contribution >= 4 is 11.8 Å². The third-order valence-electron chi connectivity index (χ3n) is 2.42. The van der Waals surface area contributed by atoms with Gasteiger partial charge in [-0.1, -0.05) is 13.3 Å². The lowest BCUT2D eigenvalue weighted by atomic mass is 10.3. The molecule has 1 fully saturated rings. The van der Waals surface area contributed by atoms with Crippen LogP contribution in [0.15, 0.2) is 0 Å². The first kappa shape index (κ1) is 11.0. The van der Waals surface area contributed by atoms with Gasteiger partial charge in [-0.15, -0.1) is 0 Å². The minimum Gasteiger partial charge on any atom is -0.352 e. The summed E-state index contributed by atoms with van der Waals surface area (Å²) < 4.78 is 0. The summed E-state index contributed by atoms with van der Waals surface area (Å²) in [6, 6.07) is 0.322. The molecule has 0 saturated heterocycles. The van der Waals surface area contributed by atoms with Crippen molar-refractivity contribution in [3.63, 3.8) is 0 Å². The van der Waals surface area contributed by atoms with Crippen molar-refractivity contribution in [1.29, 1.82) is 0 Å². The molecule has 5 nitrogen and oxygen atoms in total. The van der Waals surface area contributed by atoms with Crippen LogP contribution in [0, 0.1) is 5.92 Å². The van der Waals surface area contributed by atoms with Gasteiger partial charge in [0.1, 0.15) is 0 Å². The molecule has 0 aromatic carbocycles. The summed E-state index contributed by atoms with van der Waals surface area (Å²) in [4.78, 5) is 21.9. The molecule has 1 rings (SSSR count). The Balaban J connectivity index is 2.08. The molecular weight excluding hydrogens is 182 g/mol. The van der Waals surface area contributed by atoms with Gasteiger partial charge in [0, 0.05) is 6.04 Å². The minimum absolute atomic E-state index is 0.0307. The molecule has 0 heterocycles. The van der Waals surface area contributed by atoms with Gasteiger partial charge in [-0.3, -0.25) is 9.59 Å². The summed E-state index contributed by atoms with van der Waals surface area (Å²) in [5.41, 5.74) is 5.07. The average Bonchev–Trinajstić information content (AvgIpc) is 2.92. The van der Waals surface area contributed by atoms with Crippen LogP contribution in [0.3, 0.4) is 0 Å². The first-order valence-corrected chi connectivity index (χ1v) is 4.93. The van der Waals surface area contributed by atoms with E-state index in [0.29, 0.717) is 12.0 Å². The summed E-state index contributed by atoms with van der Waals surface area (Å²) in [5, 5.41) is 5.26. The largest absolute Gasteiger partial charge is 0.352 e. The maximum absolute atomic E-state index is 11.2. The number of hydrogen-bond acceptors (Lipinski definition) is 3. The molecule has 80 valence electrons. The molecule has 2 atom stereocenters. The predicted octanol–water partition coefficient (Wildman–Crippen LogP) is -1.02. The molecule has 1 saturated carbocycles. The fourth-order valence-electron chi connectivity index (χ4n) is 1.38. The van der Waals surface area contributed by atoms with E-state index in [4.69, 9.17) is 5.73 Å². The Morgan fingerprint density at radius 2 is 2.14 bits per heavy atom. The van der Waals surface area contributed by atoms with Gasteiger partial charge in [-0.25, -0.2) is 0 Å². The van der Waals surface area contributed by atoms with Gasteiger partial charge in [0.15, 0.2) is 0 Å². The Labute approximate surface area is 83.4 Å². The van der Waals surface area contributed by atoms with E-state index < -0.39 is 0 Å². The summed E-state index contributed by atoms with van der Waals surface area (Å²) >= 11 is 0. The number of nitrogens with two attached hydrogens (primary N) is 1. The molecular formula is C9H17N3O2. The van der Waals surface area contributed by atoms with Crippen molar-refractivity contribution in [2.45, 2.75) is 25.8 Å². The Morgan fingerprint density at radius 1 is 1.43 bits per heavy atom. The Kier molecular flexibility index (Phi) is 3.88. The molecule has 1 aliphatic carbocycles. The molecule has 2 unspecified atom stereocenters. The number of amides is 2. The lowest BCUT2D eigenvalue weighted by molar-refractivity contribution is -0.125. The van der Waals surface area contributed by atoms with Crippen LogP contribution in [0.25, 0.3) is 0 Å². The zero-order chi connectivity index (χ0) is 10.6. The minimum atomic E-state index is -0.303. The normalized spacial score (nSPS) is 24.1. The third kappa shape index (κ3) is 3.33. The zero-order valence-electron chi connectivity index (χ0n) is 8.38. The second kappa shape index (κ2) is 4.95. The van der Waals surface area contributed by atoms with Crippen LogP contribution in [-0.2, 0) is 9.59 Å². The highest BCUT2D eigenvalue weighted by Gasteiger charge is 2.36. The number of nitrogens with one attached hydrogen (secondary N) is 2. The number of carbonyl (C=O) groups is 2. The second-order valence-corrected chi connectivity index (χ2v) is 3.56. The highest BCUT2D eigenvalue weighted by Crippen LogP contribution is 2.32. The Hall–Kier alpha value is -1.10. The van der Waals surface area contributed by atoms with E-state index in [1.54, 1.807) is 0 Å². The van der Waals surface area contributed by atoms with Gasteiger partial charge in [-0.2, -0.15) is 0 Å². The van der Waals surface area contributed by atoms with E-state index in [0.717, 1.165) is 12.8 Å². The lowest BCUT2D eigenvalue weighted by Gasteiger charge is -2.04. The molecule has 0 radical (unpaired) electrons. The molecule has 0 aromatic rings. The monoisotopic (exact) mass is 199 g/mol. The molecule has 0 aromatic heterocycles. The van der Waals surface area contributed by atoms with E-state index in [2.05, 4.69) is 17.6 Å². The van der Waals surface area contributed by atoms with Gasteiger partial charge < -0.3 is 16.4 Å². The summed E-state index contributed by atoms with van der Waals surface area (Å²) in [6.45, 7) is 2.06. The van der Waals surface area contributed by atoms with Crippen LogP contribution in [0.5, 0.6) is 0 Å². The van der Waals surface area contributed by atoms with Crippen molar-refractivity contribution in [3.8, 4) is 0 Å². The summed E-state index contributed by atoms with van der Waals surface area (Å²) in [7, 11) is 0. The average molecular weight is 199 g/mol. The fourth-order valence-corrected chi connectivity index (χ4v) is 1.38. The Bertz CT molecular complexity index is 230. The smallest absolute Gasteiger partial charge is 0.239 e. The fraction of sp³-hybridized carbons (Fsp3) is 0.778. The van der Waals surface area contributed by atoms with Crippen molar-refractivity contribution in [2.24, 2.45) is 11.7 Å². The van der Waals surface area contributed by atoms with Crippen molar-refractivity contribution in [3.05, 3.63) is 0 Å². The van der Waals surface area contributed by atoms with Gasteiger partial charge in [0.25, 0.3) is 0 Å². The van der Waals surface area contributed by atoms with Crippen molar-refractivity contribution < 1.29 is 9.59 Å². The Morgan fingerprint density at radius 3 is 2.64 bits per heavy atom. The molecule has 0 spiro atoms. The highest BCUT2D eigenvalue weighted by molar-refractivity contribution is 5.85. The topological polar surface area (TPSA) is 84.2 Å². The summed E-state index contributed by atoms with van der Waals surface area (Å²) in [6.07, 6.45) is 2.16. The molecule has 4 N–H and O–H groups in total. The zero-order valence-corrected chi connectivity index (χ0v) is 8.38. The first-order valence-electron chi connectivity index (χ1n) is 4.93. The highest BCUT2D eigenvalue weighted by atomic mass is 16.2.